The van der Waals surface area contributed by atoms with Gasteiger partial charge in [-0.3, -0.25) is 0 Å². The van der Waals surface area contributed by atoms with Crippen molar-refractivity contribution in [3.8, 4) is 0 Å². The van der Waals surface area contributed by atoms with E-state index in [0.717, 1.165) is 19.6 Å². The number of benzene rings is 1. The maximum Gasteiger partial charge on any atom is 0.0954 e. The molecule has 0 bridgehead atoms. The van der Waals surface area contributed by atoms with E-state index in [1.165, 1.54) is 22.3 Å². The summed E-state index contributed by atoms with van der Waals surface area (Å²) < 4.78 is 6.00. The van der Waals surface area contributed by atoms with E-state index in [9.17, 15) is 0 Å². The van der Waals surface area contributed by atoms with Gasteiger partial charge in [-0.1, -0.05) is 17.7 Å². The van der Waals surface area contributed by atoms with Gasteiger partial charge >= 0.3 is 0 Å². The first-order valence-electron chi connectivity index (χ1n) is 6.50. The molecule has 1 heterocycles. The second-order valence-corrected chi connectivity index (χ2v) is 5.27. The molecule has 94 valence electrons. The van der Waals surface area contributed by atoms with Crippen LogP contribution in [0.2, 0.25) is 0 Å². The highest BCUT2D eigenvalue weighted by atomic mass is 16.5. The maximum atomic E-state index is 6.00. The Balaban J connectivity index is 2.27. The van der Waals surface area contributed by atoms with Gasteiger partial charge < -0.3 is 10.1 Å². The van der Waals surface area contributed by atoms with Gasteiger partial charge in [0.05, 0.1) is 6.10 Å². The largest absolute Gasteiger partial charge is 0.372 e. The lowest BCUT2D eigenvalue weighted by atomic mass is 9.95. The molecule has 2 nitrogen and oxygen atoms in total. The fraction of sp³-hybridized carbons (Fsp3) is 0.600. The van der Waals surface area contributed by atoms with Gasteiger partial charge in [0.25, 0.3) is 0 Å². The van der Waals surface area contributed by atoms with Gasteiger partial charge in [0.15, 0.2) is 0 Å². The third-order valence-corrected chi connectivity index (χ3v) is 3.58. The Bertz CT molecular complexity index is 377. The molecule has 2 atom stereocenters. The predicted octanol–water partition coefficient (Wildman–Crippen LogP) is 3.05. The molecule has 17 heavy (non-hydrogen) atoms. The molecule has 0 saturated carbocycles. The zero-order valence-electron chi connectivity index (χ0n) is 11.3. The average molecular weight is 233 g/mol. The molecule has 1 saturated heterocycles. The van der Waals surface area contributed by atoms with E-state index in [4.69, 9.17) is 4.74 Å². The maximum absolute atomic E-state index is 6.00. The van der Waals surface area contributed by atoms with Gasteiger partial charge in [-0.15, -0.1) is 0 Å². The normalized spacial score (nSPS) is 25.6. The lowest BCUT2D eigenvalue weighted by Gasteiger charge is -2.21. The summed E-state index contributed by atoms with van der Waals surface area (Å²) in [5.41, 5.74) is 5.41. The second kappa shape index (κ2) is 5.19. The first kappa shape index (κ1) is 12.6. The minimum atomic E-state index is 0.209. The molecule has 0 aromatic heterocycles. The summed E-state index contributed by atoms with van der Waals surface area (Å²) in [7, 11) is 0. The van der Waals surface area contributed by atoms with Crippen molar-refractivity contribution in [3.63, 3.8) is 0 Å². The summed E-state index contributed by atoms with van der Waals surface area (Å²) in [4.78, 5) is 0. The SMILES string of the molecule is Cc1cc(C)c(C2CNC(C)CCO2)c(C)c1. The standard InChI is InChI=1S/C15H23NO/c1-10-7-11(2)15(12(3)8-10)14-9-16-13(4)5-6-17-14/h7-8,13-14,16H,5-6,9H2,1-4H3. The molecular formula is C15H23NO. The molecule has 2 rings (SSSR count). The Morgan fingerprint density at radius 3 is 2.47 bits per heavy atom. The van der Waals surface area contributed by atoms with Crippen LogP contribution in [0.1, 0.15) is 41.7 Å². The van der Waals surface area contributed by atoms with Crippen LogP contribution in [-0.2, 0) is 4.74 Å². The van der Waals surface area contributed by atoms with Gasteiger partial charge in [0.1, 0.15) is 0 Å². The van der Waals surface area contributed by atoms with Crippen molar-refractivity contribution >= 4 is 0 Å². The highest BCUT2D eigenvalue weighted by Crippen LogP contribution is 2.27. The molecule has 2 unspecified atom stereocenters. The van der Waals surface area contributed by atoms with Crippen molar-refractivity contribution in [1.82, 2.24) is 5.32 Å². The Hall–Kier alpha value is -0.860. The van der Waals surface area contributed by atoms with Crippen molar-refractivity contribution in [1.29, 1.82) is 0 Å². The van der Waals surface area contributed by atoms with Crippen LogP contribution in [0.25, 0.3) is 0 Å². The first-order valence-corrected chi connectivity index (χ1v) is 6.50. The van der Waals surface area contributed by atoms with Crippen LogP contribution in [-0.4, -0.2) is 19.2 Å². The first-order chi connectivity index (χ1) is 8.08. The molecule has 2 heteroatoms. The van der Waals surface area contributed by atoms with Gasteiger partial charge in [0, 0.05) is 19.2 Å². The molecule has 1 aromatic rings. The van der Waals surface area contributed by atoms with E-state index in [0.29, 0.717) is 6.04 Å². The van der Waals surface area contributed by atoms with Crippen LogP contribution in [0.15, 0.2) is 12.1 Å². The van der Waals surface area contributed by atoms with Crippen LogP contribution in [0, 0.1) is 20.8 Å². The molecular weight excluding hydrogens is 210 g/mol. The van der Waals surface area contributed by atoms with Gasteiger partial charge in [-0.25, -0.2) is 0 Å². The summed E-state index contributed by atoms with van der Waals surface area (Å²) in [6, 6.07) is 5.06. The summed E-state index contributed by atoms with van der Waals surface area (Å²) in [5.74, 6) is 0. The summed E-state index contributed by atoms with van der Waals surface area (Å²) >= 11 is 0. The molecule has 1 fully saturated rings. The fourth-order valence-electron chi connectivity index (χ4n) is 2.74. The lowest BCUT2D eigenvalue weighted by molar-refractivity contribution is 0.0656. The van der Waals surface area contributed by atoms with Gasteiger partial charge in [-0.05, 0) is 50.8 Å². The highest BCUT2D eigenvalue weighted by molar-refractivity contribution is 5.39. The number of rotatable bonds is 1. The van der Waals surface area contributed by atoms with Gasteiger partial charge in [0.2, 0.25) is 0 Å². The number of nitrogens with one attached hydrogen (secondary N) is 1. The topological polar surface area (TPSA) is 21.3 Å². The third kappa shape index (κ3) is 2.88. The lowest BCUT2D eigenvalue weighted by Crippen LogP contribution is -2.28. The van der Waals surface area contributed by atoms with E-state index in [1.54, 1.807) is 0 Å². The van der Waals surface area contributed by atoms with Crippen molar-refractivity contribution in [2.24, 2.45) is 0 Å². The minimum Gasteiger partial charge on any atom is -0.372 e. The Morgan fingerprint density at radius 1 is 1.18 bits per heavy atom. The zero-order valence-corrected chi connectivity index (χ0v) is 11.3. The van der Waals surface area contributed by atoms with E-state index in [-0.39, 0.29) is 6.10 Å². The smallest absolute Gasteiger partial charge is 0.0954 e. The van der Waals surface area contributed by atoms with E-state index in [2.05, 4.69) is 45.1 Å². The molecule has 0 radical (unpaired) electrons. The molecule has 0 amide bonds. The average Bonchev–Trinajstić information content (AvgIpc) is 2.42. The highest BCUT2D eigenvalue weighted by Gasteiger charge is 2.20. The van der Waals surface area contributed by atoms with Crippen LogP contribution >= 0.6 is 0 Å². The van der Waals surface area contributed by atoms with Crippen molar-refractivity contribution in [2.75, 3.05) is 13.2 Å². The van der Waals surface area contributed by atoms with E-state index in [1.807, 2.05) is 0 Å². The van der Waals surface area contributed by atoms with E-state index < -0.39 is 0 Å². The number of aryl methyl sites for hydroxylation is 3. The number of hydrogen-bond acceptors (Lipinski definition) is 2. The van der Waals surface area contributed by atoms with Crippen LogP contribution in [0.3, 0.4) is 0 Å². The molecule has 0 spiro atoms. The Morgan fingerprint density at radius 2 is 1.82 bits per heavy atom. The molecule has 1 N–H and O–H groups in total. The zero-order chi connectivity index (χ0) is 12.4. The van der Waals surface area contributed by atoms with Gasteiger partial charge in [-0.2, -0.15) is 0 Å². The summed E-state index contributed by atoms with van der Waals surface area (Å²) in [6.07, 6.45) is 1.31. The van der Waals surface area contributed by atoms with Crippen molar-refractivity contribution in [2.45, 2.75) is 46.3 Å². The minimum absolute atomic E-state index is 0.209. The monoisotopic (exact) mass is 233 g/mol. The van der Waals surface area contributed by atoms with Crippen LogP contribution in [0.5, 0.6) is 0 Å². The Labute approximate surface area is 104 Å². The van der Waals surface area contributed by atoms with Crippen LogP contribution in [0.4, 0.5) is 0 Å². The summed E-state index contributed by atoms with van der Waals surface area (Å²) in [5, 5.41) is 3.54. The van der Waals surface area contributed by atoms with Crippen LogP contribution < -0.4 is 5.32 Å². The van der Waals surface area contributed by atoms with E-state index >= 15 is 0 Å². The second-order valence-electron chi connectivity index (χ2n) is 5.27. The Kier molecular flexibility index (Phi) is 3.85. The third-order valence-electron chi connectivity index (χ3n) is 3.58. The summed E-state index contributed by atoms with van der Waals surface area (Å²) in [6.45, 7) is 10.5. The van der Waals surface area contributed by atoms with Crippen molar-refractivity contribution in [3.05, 3.63) is 34.4 Å². The fourth-order valence-corrected chi connectivity index (χ4v) is 2.74. The molecule has 0 aliphatic carbocycles. The van der Waals surface area contributed by atoms with Crippen molar-refractivity contribution < 1.29 is 4.74 Å². The molecule has 1 aliphatic rings. The molecule has 1 aliphatic heterocycles. The number of hydrogen-bond donors (Lipinski definition) is 1. The molecule has 1 aromatic carbocycles. The quantitative estimate of drug-likeness (QED) is 0.805. The predicted molar refractivity (Wildman–Crippen MR) is 71.4 cm³/mol. The number of ether oxygens (including phenoxy) is 1.